The van der Waals surface area contributed by atoms with Crippen molar-refractivity contribution in [2.45, 2.75) is 19.9 Å². The lowest BCUT2D eigenvalue weighted by atomic mass is 10.2. The second-order valence-corrected chi connectivity index (χ2v) is 5.18. The van der Waals surface area contributed by atoms with Crippen molar-refractivity contribution < 1.29 is 4.39 Å². The maximum absolute atomic E-state index is 13.3. The Bertz CT molecular complexity index is 684. The zero-order valence-electron chi connectivity index (χ0n) is 10.1. The van der Waals surface area contributed by atoms with E-state index >= 15 is 0 Å². The minimum Gasteiger partial charge on any atom is -0.341 e. The van der Waals surface area contributed by atoms with Crippen molar-refractivity contribution in [3.8, 4) is 0 Å². The quantitative estimate of drug-likeness (QED) is 0.699. The van der Waals surface area contributed by atoms with E-state index in [1.807, 2.05) is 16.8 Å². The van der Waals surface area contributed by atoms with Crippen LogP contribution in [0, 0.1) is 5.82 Å². The third-order valence-corrected chi connectivity index (χ3v) is 4.01. The minimum atomic E-state index is -0.199. The number of rotatable bonds is 3. The fourth-order valence-electron chi connectivity index (χ4n) is 2.05. The Morgan fingerprint density at radius 1 is 1.33 bits per heavy atom. The second kappa shape index (κ2) is 4.53. The zero-order chi connectivity index (χ0) is 12.5. The van der Waals surface area contributed by atoms with Gasteiger partial charge in [-0.1, -0.05) is 6.92 Å². The molecule has 0 aliphatic carbocycles. The molecule has 0 aliphatic heterocycles. The molecule has 18 heavy (non-hydrogen) atoms. The second-order valence-electron chi connectivity index (χ2n) is 4.23. The third kappa shape index (κ3) is 2.04. The fraction of sp³-hybridized carbons (Fsp3) is 0.214. The SMILES string of the molecule is CCc1nc(Cn2ccc3ccc(F)cc32)cs1. The first-order chi connectivity index (χ1) is 8.76. The molecule has 0 aliphatic rings. The smallest absolute Gasteiger partial charge is 0.125 e. The Balaban J connectivity index is 1.96. The molecular weight excluding hydrogens is 247 g/mol. The van der Waals surface area contributed by atoms with E-state index in [2.05, 4.69) is 17.3 Å². The predicted molar refractivity (Wildman–Crippen MR) is 72.5 cm³/mol. The summed E-state index contributed by atoms with van der Waals surface area (Å²) in [6, 6.07) is 6.87. The van der Waals surface area contributed by atoms with Gasteiger partial charge in [-0.05, 0) is 36.1 Å². The average Bonchev–Trinajstić information content (AvgIpc) is 2.97. The lowest BCUT2D eigenvalue weighted by Crippen LogP contribution is -1.98. The molecule has 0 amide bonds. The molecule has 3 aromatic rings. The summed E-state index contributed by atoms with van der Waals surface area (Å²) in [5.41, 5.74) is 1.96. The van der Waals surface area contributed by atoms with Crippen molar-refractivity contribution in [3.05, 3.63) is 52.4 Å². The number of fused-ring (bicyclic) bond motifs is 1. The van der Waals surface area contributed by atoms with Crippen LogP contribution in [0.25, 0.3) is 10.9 Å². The summed E-state index contributed by atoms with van der Waals surface area (Å²) >= 11 is 1.68. The van der Waals surface area contributed by atoms with E-state index in [1.165, 1.54) is 6.07 Å². The molecule has 92 valence electrons. The van der Waals surface area contributed by atoms with E-state index in [-0.39, 0.29) is 5.82 Å². The van der Waals surface area contributed by atoms with E-state index in [0.717, 1.165) is 28.0 Å². The summed E-state index contributed by atoms with van der Waals surface area (Å²) in [6.07, 6.45) is 2.95. The van der Waals surface area contributed by atoms with Gasteiger partial charge in [0, 0.05) is 11.6 Å². The van der Waals surface area contributed by atoms with Gasteiger partial charge < -0.3 is 4.57 Å². The van der Waals surface area contributed by atoms with Gasteiger partial charge in [-0.25, -0.2) is 9.37 Å². The van der Waals surface area contributed by atoms with Crippen LogP contribution >= 0.6 is 11.3 Å². The molecule has 0 bridgehead atoms. The van der Waals surface area contributed by atoms with Crippen LogP contribution in [0.15, 0.2) is 35.8 Å². The van der Waals surface area contributed by atoms with E-state index < -0.39 is 0 Å². The van der Waals surface area contributed by atoms with Crippen molar-refractivity contribution in [3.63, 3.8) is 0 Å². The van der Waals surface area contributed by atoms with Gasteiger partial charge in [0.2, 0.25) is 0 Å². The normalized spacial score (nSPS) is 11.2. The topological polar surface area (TPSA) is 17.8 Å². The summed E-state index contributed by atoms with van der Waals surface area (Å²) in [5, 5.41) is 4.28. The van der Waals surface area contributed by atoms with Crippen molar-refractivity contribution in [1.82, 2.24) is 9.55 Å². The molecule has 0 N–H and O–H groups in total. The van der Waals surface area contributed by atoms with Crippen LogP contribution in [-0.2, 0) is 13.0 Å². The first kappa shape index (κ1) is 11.4. The van der Waals surface area contributed by atoms with E-state index in [0.29, 0.717) is 6.54 Å². The molecule has 0 radical (unpaired) electrons. The molecule has 0 saturated heterocycles. The molecule has 0 atom stereocenters. The summed E-state index contributed by atoms with van der Waals surface area (Å²) in [7, 11) is 0. The fourth-order valence-corrected chi connectivity index (χ4v) is 2.79. The Labute approximate surface area is 109 Å². The maximum Gasteiger partial charge on any atom is 0.125 e. The number of aryl methyl sites for hydroxylation is 1. The molecule has 4 heteroatoms. The van der Waals surface area contributed by atoms with E-state index in [9.17, 15) is 4.39 Å². The standard InChI is InChI=1S/C14H13FN2S/c1-2-14-16-12(9-18-14)8-17-6-5-10-3-4-11(15)7-13(10)17/h3-7,9H,2,8H2,1H3. The Morgan fingerprint density at radius 3 is 3.00 bits per heavy atom. The summed E-state index contributed by atoms with van der Waals surface area (Å²) < 4.78 is 15.3. The zero-order valence-corrected chi connectivity index (χ0v) is 10.9. The molecule has 0 spiro atoms. The van der Waals surface area contributed by atoms with Crippen molar-refractivity contribution in [2.24, 2.45) is 0 Å². The molecular formula is C14H13FN2S. The first-order valence-electron chi connectivity index (χ1n) is 5.94. The Morgan fingerprint density at radius 2 is 2.22 bits per heavy atom. The van der Waals surface area contributed by atoms with Gasteiger partial charge in [-0.2, -0.15) is 0 Å². The van der Waals surface area contributed by atoms with Gasteiger partial charge in [0.1, 0.15) is 5.82 Å². The molecule has 1 aromatic carbocycles. The largest absolute Gasteiger partial charge is 0.341 e. The monoisotopic (exact) mass is 260 g/mol. The summed E-state index contributed by atoms with van der Waals surface area (Å²) in [4.78, 5) is 4.54. The van der Waals surface area contributed by atoms with Crippen molar-refractivity contribution in [1.29, 1.82) is 0 Å². The number of halogens is 1. The molecule has 0 fully saturated rings. The predicted octanol–water partition coefficient (Wildman–Crippen LogP) is 3.85. The lowest BCUT2D eigenvalue weighted by molar-refractivity contribution is 0.628. The van der Waals surface area contributed by atoms with Crippen LogP contribution in [0.1, 0.15) is 17.6 Å². The Hall–Kier alpha value is -1.68. The van der Waals surface area contributed by atoms with E-state index in [4.69, 9.17) is 0 Å². The van der Waals surface area contributed by atoms with Crippen LogP contribution in [-0.4, -0.2) is 9.55 Å². The number of nitrogens with zero attached hydrogens (tertiary/aromatic N) is 2. The molecule has 2 nitrogen and oxygen atoms in total. The van der Waals surface area contributed by atoms with Crippen molar-refractivity contribution >= 4 is 22.2 Å². The van der Waals surface area contributed by atoms with Crippen LogP contribution in [0.2, 0.25) is 0 Å². The molecule has 2 heterocycles. The molecule has 2 aromatic heterocycles. The summed E-state index contributed by atoms with van der Waals surface area (Å²) in [6.45, 7) is 2.80. The highest BCUT2D eigenvalue weighted by atomic mass is 32.1. The minimum absolute atomic E-state index is 0.199. The molecule has 3 rings (SSSR count). The highest BCUT2D eigenvalue weighted by Gasteiger charge is 2.05. The third-order valence-electron chi connectivity index (χ3n) is 2.97. The number of aromatic nitrogens is 2. The van der Waals surface area contributed by atoms with Gasteiger partial charge in [-0.15, -0.1) is 11.3 Å². The van der Waals surface area contributed by atoms with Gasteiger partial charge in [0.15, 0.2) is 0 Å². The van der Waals surface area contributed by atoms with Gasteiger partial charge in [0.05, 0.1) is 22.8 Å². The number of thiazole rings is 1. The molecule has 0 saturated carbocycles. The van der Waals surface area contributed by atoms with Crippen LogP contribution in [0.4, 0.5) is 4.39 Å². The Kier molecular flexibility index (Phi) is 2.88. The first-order valence-corrected chi connectivity index (χ1v) is 6.82. The average molecular weight is 260 g/mol. The number of hydrogen-bond donors (Lipinski definition) is 0. The van der Waals surface area contributed by atoms with Gasteiger partial charge >= 0.3 is 0 Å². The van der Waals surface area contributed by atoms with Crippen LogP contribution in [0.5, 0.6) is 0 Å². The van der Waals surface area contributed by atoms with Crippen molar-refractivity contribution in [2.75, 3.05) is 0 Å². The molecule has 0 unspecified atom stereocenters. The highest BCUT2D eigenvalue weighted by Crippen LogP contribution is 2.19. The number of benzene rings is 1. The van der Waals surface area contributed by atoms with Gasteiger partial charge in [-0.3, -0.25) is 0 Å². The summed E-state index contributed by atoms with van der Waals surface area (Å²) in [5.74, 6) is -0.199. The maximum atomic E-state index is 13.3. The highest BCUT2D eigenvalue weighted by molar-refractivity contribution is 7.09. The van der Waals surface area contributed by atoms with Crippen LogP contribution < -0.4 is 0 Å². The van der Waals surface area contributed by atoms with E-state index in [1.54, 1.807) is 23.5 Å². The number of hydrogen-bond acceptors (Lipinski definition) is 2. The lowest BCUT2D eigenvalue weighted by Gasteiger charge is -2.02. The van der Waals surface area contributed by atoms with Crippen LogP contribution in [0.3, 0.4) is 0 Å². The van der Waals surface area contributed by atoms with Gasteiger partial charge in [0.25, 0.3) is 0 Å².